The predicted octanol–water partition coefficient (Wildman–Crippen LogP) is 7.50. The molecule has 41 heavy (non-hydrogen) atoms. The third-order valence-electron chi connectivity index (χ3n) is 7.60. The van der Waals surface area contributed by atoms with E-state index in [9.17, 15) is 32.9 Å². The number of carbonyl (C=O) groups excluding carboxylic acids is 2. The summed E-state index contributed by atoms with van der Waals surface area (Å²) >= 11 is 6.66. The first-order valence-electron chi connectivity index (χ1n) is 13.2. The van der Waals surface area contributed by atoms with Crippen LogP contribution in [0.15, 0.2) is 52.9 Å². The van der Waals surface area contributed by atoms with Gasteiger partial charge < -0.3 is 14.4 Å². The molecule has 0 saturated carbocycles. The van der Waals surface area contributed by atoms with Gasteiger partial charge in [-0.25, -0.2) is 0 Å². The molecule has 0 atom stereocenters. The fraction of sp³-hybridized carbons (Fsp3) is 0.379. The van der Waals surface area contributed by atoms with Crippen LogP contribution in [-0.4, -0.2) is 35.0 Å². The van der Waals surface area contributed by atoms with Crippen molar-refractivity contribution in [1.82, 2.24) is 4.90 Å². The Balaban J connectivity index is 1.64. The Hall–Kier alpha value is -3.86. The number of alkyl halides is 3. The monoisotopic (exact) mass is 590 g/mol. The summed E-state index contributed by atoms with van der Waals surface area (Å²) < 4.78 is 51.1. The molecule has 216 valence electrons. The lowest BCUT2D eigenvalue weighted by Gasteiger charge is -2.42. The summed E-state index contributed by atoms with van der Waals surface area (Å²) in [7, 11) is 1.88. The summed E-state index contributed by atoms with van der Waals surface area (Å²) in [6.45, 7) is 1.83. The van der Waals surface area contributed by atoms with Crippen LogP contribution in [0.3, 0.4) is 0 Å². The van der Waals surface area contributed by atoms with Crippen LogP contribution in [0.1, 0.15) is 62.5 Å². The number of nitro benzene ring substituents is 1. The van der Waals surface area contributed by atoms with Gasteiger partial charge in [0.05, 0.1) is 22.1 Å². The highest BCUT2D eigenvalue weighted by Crippen LogP contribution is 2.51. The van der Waals surface area contributed by atoms with E-state index in [-0.39, 0.29) is 34.7 Å². The van der Waals surface area contributed by atoms with Crippen LogP contribution in [-0.2, 0) is 15.8 Å². The molecule has 1 heterocycles. The summed E-state index contributed by atoms with van der Waals surface area (Å²) in [6, 6.07) is 5.02. The van der Waals surface area contributed by atoms with Crippen molar-refractivity contribution in [2.24, 2.45) is 0 Å². The second-order valence-corrected chi connectivity index (χ2v) is 10.5. The number of nitrogens with zero attached hydrogens (tertiary/aromatic N) is 2. The molecule has 2 aromatic carbocycles. The molecular weight excluding hydrogens is 565 g/mol. The number of carbonyl (C=O) groups is 2. The topological polar surface area (TPSA) is 99.0 Å². The van der Waals surface area contributed by atoms with Crippen LogP contribution in [0, 0.1) is 10.1 Å². The lowest BCUT2D eigenvalue weighted by Crippen LogP contribution is -2.37. The van der Waals surface area contributed by atoms with Gasteiger partial charge in [-0.15, -0.1) is 0 Å². The Labute approximate surface area is 238 Å². The Bertz CT molecular complexity index is 1490. The highest BCUT2D eigenvalue weighted by molar-refractivity contribution is 6.32. The normalized spacial score (nSPS) is 18.0. The van der Waals surface area contributed by atoms with Gasteiger partial charge in [0.15, 0.2) is 23.1 Å². The number of ketones is 2. The van der Waals surface area contributed by atoms with Crippen LogP contribution in [0.25, 0.3) is 0 Å². The molecule has 3 aliphatic rings. The number of benzene rings is 2. The molecule has 0 radical (unpaired) electrons. The molecule has 0 spiro atoms. The first-order chi connectivity index (χ1) is 19.4. The molecule has 5 rings (SSSR count). The molecule has 0 N–H and O–H groups in total. The van der Waals surface area contributed by atoms with Gasteiger partial charge in [-0.2, -0.15) is 13.2 Å². The highest BCUT2D eigenvalue weighted by atomic mass is 35.5. The lowest BCUT2D eigenvalue weighted by atomic mass is 9.71. The number of nitro groups is 1. The number of hydrogen-bond donors (Lipinski definition) is 0. The van der Waals surface area contributed by atoms with E-state index in [2.05, 4.69) is 0 Å². The SMILES string of the molecule is CCOc1cc(C2C3=C(CCCC3=O)N(C)C3=C2C(=O)CCC3)cc(Cl)c1Oc1ccc(C(F)(F)F)cc1[N+](=O)[O-]. The summed E-state index contributed by atoms with van der Waals surface area (Å²) in [6.07, 6.45) is -1.31. The predicted molar refractivity (Wildman–Crippen MR) is 143 cm³/mol. The molecule has 12 heteroatoms. The second kappa shape index (κ2) is 10.8. The number of hydrogen-bond acceptors (Lipinski definition) is 7. The molecule has 0 bridgehead atoms. The summed E-state index contributed by atoms with van der Waals surface area (Å²) in [5.41, 5.74) is 1.24. The van der Waals surface area contributed by atoms with E-state index in [4.69, 9.17) is 21.1 Å². The summed E-state index contributed by atoms with van der Waals surface area (Å²) in [5, 5.41) is 11.6. The van der Waals surface area contributed by atoms with Gasteiger partial charge in [-0.05, 0) is 62.4 Å². The number of ether oxygens (including phenoxy) is 2. The van der Waals surface area contributed by atoms with Gasteiger partial charge in [0.1, 0.15) is 0 Å². The van der Waals surface area contributed by atoms with E-state index in [0.717, 1.165) is 17.5 Å². The number of rotatable bonds is 6. The largest absolute Gasteiger partial charge is 0.490 e. The van der Waals surface area contributed by atoms with E-state index in [0.29, 0.717) is 67.4 Å². The molecule has 0 unspecified atom stereocenters. The van der Waals surface area contributed by atoms with E-state index in [1.54, 1.807) is 13.0 Å². The van der Waals surface area contributed by atoms with Crippen LogP contribution < -0.4 is 9.47 Å². The van der Waals surface area contributed by atoms with E-state index in [1.165, 1.54) is 6.07 Å². The molecule has 0 saturated heterocycles. The van der Waals surface area contributed by atoms with Gasteiger partial charge in [-0.1, -0.05) is 11.6 Å². The van der Waals surface area contributed by atoms with E-state index < -0.39 is 34.0 Å². The van der Waals surface area contributed by atoms with Crippen molar-refractivity contribution in [3.63, 3.8) is 0 Å². The molecule has 8 nitrogen and oxygen atoms in total. The lowest BCUT2D eigenvalue weighted by molar-refractivity contribution is -0.385. The molecule has 2 aliphatic carbocycles. The molecule has 1 aliphatic heterocycles. The quantitative estimate of drug-likeness (QED) is 0.254. The van der Waals surface area contributed by atoms with Crippen molar-refractivity contribution in [2.75, 3.05) is 13.7 Å². The Kier molecular flexibility index (Phi) is 7.58. The zero-order valence-electron chi connectivity index (χ0n) is 22.3. The zero-order chi connectivity index (χ0) is 29.6. The standard InChI is InChI=1S/C29H26ClF3N2O6/c1-3-40-24-13-15(12-17(30)28(24)41-23-11-10-16(29(31,32)33)14-20(23)35(38)39)25-26-18(6-4-8-21(26)36)34(2)19-7-5-9-22(37)27(19)25/h10-14,25H,3-9H2,1-2H3. The van der Waals surface area contributed by atoms with E-state index in [1.807, 2.05) is 11.9 Å². The van der Waals surface area contributed by atoms with Crippen LogP contribution in [0.4, 0.5) is 18.9 Å². The molecule has 2 aromatic rings. The molecular formula is C29H26ClF3N2O6. The Morgan fingerprint density at radius 3 is 2.15 bits per heavy atom. The van der Waals surface area contributed by atoms with Gasteiger partial charge >= 0.3 is 11.9 Å². The van der Waals surface area contributed by atoms with Gasteiger partial charge in [-0.3, -0.25) is 19.7 Å². The first kappa shape index (κ1) is 28.7. The third-order valence-corrected chi connectivity index (χ3v) is 7.89. The second-order valence-electron chi connectivity index (χ2n) is 10.1. The number of halogens is 4. The van der Waals surface area contributed by atoms with Crippen LogP contribution in [0.5, 0.6) is 17.2 Å². The van der Waals surface area contributed by atoms with Crippen LogP contribution >= 0.6 is 11.6 Å². The van der Waals surface area contributed by atoms with Crippen molar-refractivity contribution >= 4 is 28.9 Å². The third kappa shape index (κ3) is 5.18. The summed E-state index contributed by atoms with van der Waals surface area (Å²) in [4.78, 5) is 39.2. The average Bonchev–Trinajstić information content (AvgIpc) is 2.91. The minimum absolute atomic E-state index is 0.0464. The van der Waals surface area contributed by atoms with Gasteiger partial charge in [0.25, 0.3) is 0 Å². The van der Waals surface area contributed by atoms with E-state index >= 15 is 0 Å². The van der Waals surface area contributed by atoms with Crippen molar-refractivity contribution in [3.8, 4) is 17.2 Å². The fourth-order valence-electron chi connectivity index (χ4n) is 5.84. The maximum absolute atomic E-state index is 13.3. The Morgan fingerprint density at radius 1 is 1.00 bits per heavy atom. The number of Topliss-reactive ketones (excluding diaryl/α,β-unsaturated/α-hetero) is 2. The highest BCUT2D eigenvalue weighted by Gasteiger charge is 2.43. The minimum atomic E-state index is -4.79. The van der Waals surface area contributed by atoms with Crippen molar-refractivity contribution < 1.29 is 37.2 Å². The van der Waals surface area contributed by atoms with Crippen molar-refractivity contribution in [2.45, 2.75) is 57.5 Å². The molecule has 0 aromatic heterocycles. The minimum Gasteiger partial charge on any atom is -0.490 e. The van der Waals surface area contributed by atoms with Crippen LogP contribution in [0.2, 0.25) is 5.02 Å². The summed E-state index contributed by atoms with van der Waals surface area (Å²) in [5.74, 6) is -1.31. The van der Waals surface area contributed by atoms with Gasteiger partial charge in [0, 0.05) is 54.4 Å². The number of allylic oxidation sites excluding steroid dienone is 4. The smallest absolute Gasteiger partial charge is 0.416 e. The fourth-order valence-corrected chi connectivity index (χ4v) is 6.09. The molecule has 0 amide bonds. The Morgan fingerprint density at radius 2 is 1.61 bits per heavy atom. The maximum atomic E-state index is 13.3. The van der Waals surface area contributed by atoms with Crippen molar-refractivity contribution in [1.29, 1.82) is 0 Å². The zero-order valence-corrected chi connectivity index (χ0v) is 23.0. The van der Waals surface area contributed by atoms with Crippen molar-refractivity contribution in [3.05, 3.63) is 79.1 Å². The average molecular weight is 591 g/mol. The van der Waals surface area contributed by atoms with Gasteiger partial charge in [0.2, 0.25) is 5.75 Å². The molecule has 0 fully saturated rings. The first-order valence-corrected chi connectivity index (χ1v) is 13.6. The maximum Gasteiger partial charge on any atom is 0.416 e.